The van der Waals surface area contributed by atoms with E-state index in [0.717, 1.165) is 0 Å². The van der Waals surface area contributed by atoms with E-state index in [-0.39, 0.29) is 13.2 Å². The van der Waals surface area contributed by atoms with Crippen LogP contribution in [0, 0.1) is 0 Å². The number of hydrogen-bond donors (Lipinski definition) is 0. The number of carbonyl (C=O) groups is 1. The molecule has 1 heterocycles. The molecule has 1 aliphatic heterocycles. The van der Waals surface area contributed by atoms with E-state index in [1.165, 1.54) is 6.92 Å². The van der Waals surface area contributed by atoms with Crippen LogP contribution in [0.3, 0.4) is 0 Å². The van der Waals surface area contributed by atoms with Crippen molar-refractivity contribution in [3.63, 3.8) is 0 Å². The fourth-order valence-corrected chi connectivity index (χ4v) is 1.83. The van der Waals surface area contributed by atoms with Crippen molar-refractivity contribution in [3.05, 3.63) is 0 Å². The number of halogens is 1. The van der Waals surface area contributed by atoms with Crippen LogP contribution in [0.25, 0.3) is 0 Å². The first kappa shape index (κ1) is 9.99. The van der Waals surface area contributed by atoms with Crippen molar-refractivity contribution in [2.45, 2.75) is 13.0 Å². The van der Waals surface area contributed by atoms with E-state index >= 15 is 0 Å². The molecule has 0 aliphatic carbocycles. The standard InChI is InChI=1S/C5H8ClO5P/c1-4(7)11-5-2-9-12(6,8)10-3-5/h5H,2-3H2,1H3. The second kappa shape index (κ2) is 3.75. The highest BCUT2D eigenvalue weighted by Crippen LogP contribution is 2.55. The van der Waals surface area contributed by atoms with Gasteiger partial charge in [-0.15, -0.1) is 0 Å². The molecule has 1 saturated heterocycles. The van der Waals surface area contributed by atoms with Crippen molar-refractivity contribution >= 4 is 24.2 Å². The molecular formula is C5H8ClO5P. The average Bonchev–Trinajstić information content (AvgIpc) is 1.93. The molecule has 7 heteroatoms. The molecule has 1 rings (SSSR count). The zero-order valence-electron chi connectivity index (χ0n) is 6.36. The predicted octanol–water partition coefficient (Wildman–Crippen LogP) is 1.31. The first-order valence-corrected chi connectivity index (χ1v) is 5.70. The smallest absolute Gasteiger partial charge is 0.424 e. The summed E-state index contributed by atoms with van der Waals surface area (Å²) < 4.78 is 24.8. The molecule has 12 heavy (non-hydrogen) atoms. The third-order valence-corrected chi connectivity index (χ3v) is 2.66. The first-order chi connectivity index (χ1) is 5.49. The third kappa shape index (κ3) is 3.11. The van der Waals surface area contributed by atoms with Crippen LogP contribution in [0.15, 0.2) is 0 Å². The largest absolute Gasteiger partial charge is 0.458 e. The maximum absolute atomic E-state index is 10.8. The Morgan fingerprint density at radius 3 is 2.50 bits per heavy atom. The molecule has 0 aromatic heterocycles. The molecule has 1 aliphatic rings. The average molecular weight is 215 g/mol. The Morgan fingerprint density at radius 1 is 1.58 bits per heavy atom. The van der Waals surface area contributed by atoms with Crippen LogP contribution < -0.4 is 0 Å². The van der Waals surface area contributed by atoms with Crippen LogP contribution in [0.5, 0.6) is 0 Å². The normalized spacial score (nSPS) is 36.0. The van der Waals surface area contributed by atoms with Gasteiger partial charge in [-0.2, -0.15) is 0 Å². The van der Waals surface area contributed by atoms with Crippen molar-refractivity contribution in [2.24, 2.45) is 0 Å². The van der Waals surface area contributed by atoms with Gasteiger partial charge in [-0.05, 0) is 0 Å². The van der Waals surface area contributed by atoms with E-state index in [1.54, 1.807) is 0 Å². The lowest BCUT2D eigenvalue weighted by Gasteiger charge is -2.24. The van der Waals surface area contributed by atoms with Gasteiger partial charge in [-0.25, -0.2) is 4.57 Å². The Morgan fingerprint density at radius 2 is 2.08 bits per heavy atom. The van der Waals surface area contributed by atoms with E-state index < -0.39 is 19.0 Å². The van der Waals surface area contributed by atoms with Crippen LogP contribution in [0.1, 0.15) is 6.92 Å². The Kier molecular flexibility index (Phi) is 3.12. The third-order valence-electron chi connectivity index (χ3n) is 1.16. The summed E-state index contributed by atoms with van der Waals surface area (Å²) in [6, 6.07) is 0. The molecule has 0 unspecified atom stereocenters. The van der Waals surface area contributed by atoms with Gasteiger partial charge in [0.15, 0.2) is 0 Å². The summed E-state index contributed by atoms with van der Waals surface area (Å²) in [7, 11) is 0. The molecule has 0 N–H and O–H groups in total. The van der Waals surface area contributed by atoms with Crippen molar-refractivity contribution < 1.29 is 23.1 Å². The zero-order chi connectivity index (χ0) is 9.19. The lowest BCUT2D eigenvalue weighted by atomic mass is 10.4. The molecule has 0 atom stereocenters. The number of ether oxygens (including phenoxy) is 1. The van der Waals surface area contributed by atoms with Crippen LogP contribution in [-0.4, -0.2) is 25.3 Å². The number of carbonyl (C=O) groups excluding carboxylic acids is 1. The second-order valence-electron chi connectivity index (χ2n) is 2.25. The van der Waals surface area contributed by atoms with Gasteiger partial charge in [0.25, 0.3) is 0 Å². The van der Waals surface area contributed by atoms with Crippen molar-refractivity contribution in [2.75, 3.05) is 13.2 Å². The van der Waals surface area contributed by atoms with Gasteiger partial charge in [-0.1, -0.05) is 0 Å². The monoisotopic (exact) mass is 214 g/mol. The summed E-state index contributed by atoms with van der Waals surface area (Å²) in [5, 5.41) is 0. The SMILES string of the molecule is CC(=O)OC1COP(=O)(Cl)OC1. The van der Waals surface area contributed by atoms with Gasteiger partial charge in [0, 0.05) is 18.2 Å². The summed E-state index contributed by atoms with van der Waals surface area (Å²) in [5.74, 6) is -0.432. The van der Waals surface area contributed by atoms with E-state index in [0.29, 0.717) is 0 Å². The summed E-state index contributed by atoms with van der Waals surface area (Å²) in [6.07, 6.45) is -0.511. The highest BCUT2D eigenvalue weighted by atomic mass is 35.7. The second-order valence-corrected chi connectivity index (χ2v) is 4.87. The van der Waals surface area contributed by atoms with Crippen LogP contribution in [0.2, 0.25) is 0 Å². The molecule has 70 valence electrons. The molecular weight excluding hydrogens is 206 g/mol. The molecule has 0 aromatic rings. The minimum atomic E-state index is -3.39. The zero-order valence-corrected chi connectivity index (χ0v) is 8.01. The molecule has 0 amide bonds. The Bertz CT molecular complexity index is 218. The minimum absolute atomic E-state index is 0.0142. The van der Waals surface area contributed by atoms with Crippen LogP contribution >= 0.6 is 18.2 Å². The van der Waals surface area contributed by atoms with Gasteiger partial charge >= 0.3 is 12.9 Å². The van der Waals surface area contributed by atoms with Gasteiger partial charge < -0.3 is 4.74 Å². The quantitative estimate of drug-likeness (QED) is 0.487. The fraction of sp³-hybridized carbons (Fsp3) is 0.800. The Labute approximate surface area is 74.3 Å². The summed E-state index contributed by atoms with van der Waals surface area (Å²) in [5.41, 5.74) is 0. The van der Waals surface area contributed by atoms with Crippen molar-refractivity contribution in [1.82, 2.24) is 0 Å². The van der Waals surface area contributed by atoms with Gasteiger partial charge in [0.05, 0.1) is 13.2 Å². The molecule has 0 radical (unpaired) electrons. The van der Waals surface area contributed by atoms with E-state index in [9.17, 15) is 9.36 Å². The topological polar surface area (TPSA) is 61.8 Å². The Hall–Kier alpha value is -0.0900. The first-order valence-electron chi connectivity index (χ1n) is 3.25. The van der Waals surface area contributed by atoms with Crippen molar-refractivity contribution in [1.29, 1.82) is 0 Å². The molecule has 0 spiro atoms. The maximum Gasteiger partial charge on any atom is 0.424 e. The summed E-state index contributed by atoms with van der Waals surface area (Å²) in [4.78, 5) is 10.4. The highest BCUT2D eigenvalue weighted by Gasteiger charge is 2.31. The lowest BCUT2D eigenvalue weighted by molar-refractivity contribution is -0.151. The van der Waals surface area contributed by atoms with Gasteiger partial charge in [0.2, 0.25) is 0 Å². The summed E-state index contributed by atoms with van der Waals surface area (Å²) in [6.45, 7) is -2.09. The Balaban J connectivity index is 2.36. The van der Waals surface area contributed by atoms with Gasteiger partial charge in [-0.3, -0.25) is 13.8 Å². The number of rotatable bonds is 1. The van der Waals surface area contributed by atoms with Gasteiger partial charge in [0.1, 0.15) is 6.10 Å². The maximum atomic E-state index is 10.8. The van der Waals surface area contributed by atoms with Crippen LogP contribution in [-0.2, 0) is 23.1 Å². The predicted molar refractivity (Wildman–Crippen MR) is 40.9 cm³/mol. The lowest BCUT2D eigenvalue weighted by Crippen LogP contribution is -2.29. The van der Waals surface area contributed by atoms with E-state index in [1.807, 2.05) is 0 Å². The fourth-order valence-electron chi connectivity index (χ4n) is 0.732. The summed E-state index contributed by atoms with van der Waals surface area (Å²) >= 11 is 5.24. The highest BCUT2D eigenvalue weighted by molar-refractivity contribution is 7.81. The van der Waals surface area contributed by atoms with Crippen LogP contribution in [0.4, 0.5) is 0 Å². The molecule has 0 bridgehead atoms. The molecule has 1 fully saturated rings. The molecule has 0 aromatic carbocycles. The van der Waals surface area contributed by atoms with E-state index in [4.69, 9.17) is 16.0 Å². The molecule has 0 saturated carbocycles. The van der Waals surface area contributed by atoms with Crippen molar-refractivity contribution in [3.8, 4) is 0 Å². The number of hydrogen-bond acceptors (Lipinski definition) is 5. The number of esters is 1. The molecule has 5 nitrogen and oxygen atoms in total. The minimum Gasteiger partial charge on any atom is -0.458 e. The van der Waals surface area contributed by atoms with E-state index in [2.05, 4.69) is 9.05 Å².